The van der Waals surface area contributed by atoms with E-state index < -0.39 is 0 Å². The van der Waals surface area contributed by atoms with Crippen molar-refractivity contribution in [3.63, 3.8) is 0 Å². The van der Waals surface area contributed by atoms with E-state index in [1.807, 2.05) is 18.5 Å². The van der Waals surface area contributed by atoms with Crippen LogP contribution in [0.1, 0.15) is 19.3 Å². The monoisotopic (exact) mass is 262 g/mol. The number of nitrogens with one attached hydrogen (secondary N) is 1. The molecule has 5 heteroatoms. The van der Waals surface area contributed by atoms with Gasteiger partial charge in [-0.2, -0.15) is 0 Å². The van der Waals surface area contributed by atoms with E-state index in [0.717, 1.165) is 32.2 Å². The van der Waals surface area contributed by atoms with E-state index in [0.29, 0.717) is 11.5 Å². The van der Waals surface area contributed by atoms with Gasteiger partial charge in [-0.15, -0.1) is 0 Å². The van der Waals surface area contributed by atoms with Crippen LogP contribution in [-0.2, 0) is 4.74 Å². The molecule has 2 aliphatic rings. The Balaban J connectivity index is 1.81. The zero-order valence-corrected chi connectivity index (χ0v) is 11.5. The van der Waals surface area contributed by atoms with Crippen molar-refractivity contribution in [2.24, 2.45) is 5.41 Å². The second-order valence-electron chi connectivity index (χ2n) is 5.74. The summed E-state index contributed by atoms with van der Waals surface area (Å²) in [5, 5.41) is 3.46. The molecule has 1 atom stereocenters. The third-order valence-corrected chi connectivity index (χ3v) is 4.45. The van der Waals surface area contributed by atoms with Crippen LogP contribution >= 0.6 is 0 Å². The largest absolute Gasteiger partial charge is 0.383 e. The summed E-state index contributed by atoms with van der Waals surface area (Å²) in [7, 11) is 1.78. The molecule has 104 valence electrons. The van der Waals surface area contributed by atoms with Crippen LogP contribution in [0.4, 0.5) is 5.95 Å². The number of hydrogen-bond donors (Lipinski definition) is 1. The number of aromatic nitrogens is 2. The van der Waals surface area contributed by atoms with E-state index in [4.69, 9.17) is 4.74 Å². The van der Waals surface area contributed by atoms with Gasteiger partial charge in [0.1, 0.15) is 0 Å². The fourth-order valence-electron chi connectivity index (χ4n) is 3.50. The fourth-order valence-corrected chi connectivity index (χ4v) is 3.50. The molecule has 0 amide bonds. The van der Waals surface area contributed by atoms with Gasteiger partial charge in [-0.3, -0.25) is 0 Å². The maximum absolute atomic E-state index is 5.40. The Bertz CT molecular complexity index is 405. The molecule has 0 saturated carbocycles. The predicted octanol–water partition coefficient (Wildman–Crippen LogP) is 1.07. The Morgan fingerprint density at radius 2 is 2.11 bits per heavy atom. The number of ether oxygens (including phenoxy) is 1. The number of nitrogens with zero attached hydrogens (tertiary/aromatic N) is 3. The van der Waals surface area contributed by atoms with Crippen molar-refractivity contribution in [2.45, 2.75) is 25.3 Å². The van der Waals surface area contributed by atoms with Gasteiger partial charge in [-0.25, -0.2) is 9.97 Å². The third-order valence-electron chi connectivity index (χ3n) is 4.45. The molecule has 0 unspecified atom stereocenters. The first-order valence-electron chi connectivity index (χ1n) is 7.06. The first kappa shape index (κ1) is 12.8. The second kappa shape index (κ2) is 5.43. The van der Waals surface area contributed by atoms with Crippen LogP contribution in [0.2, 0.25) is 0 Å². The summed E-state index contributed by atoms with van der Waals surface area (Å²) in [6.07, 6.45) is 7.33. The molecule has 1 spiro atoms. The molecular weight excluding hydrogens is 240 g/mol. The van der Waals surface area contributed by atoms with E-state index in [1.165, 1.54) is 19.3 Å². The van der Waals surface area contributed by atoms with Crippen molar-refractivity contribution >= 4 is 5.95 Å². The first-order chi connectivity index (χ1) is 9.33. The Hall–Kier alpha value is -1.20. The molecule has 0 bridgehead atoms. The van der Waals surface area contributed by atoms with Crippen LogP contribution in [0.15, 0.2) is 18.5 Å². The SMILES string of the molecule is COC[C@@H]1CC2(CCNCC2)CN1c1ncccn1. The van der Waals surface area contributed by atoms with Gasteiger partial charge < -0.3 is 15.0 Å². The summed E-state index contributed by atoms with van der Waals surface area (Å²) < 4.78 is 5.40. The molecule has 0 radical (unpaired) electrons. The van der Waals surface area contributed by atoms with Crippen LogP contribution in [0.25, 0.3) is 0 Å². The van der Waals surface area contributed by atoms with Gasteiger partial charge in [-0.1, -0.05) is 0 Å². The van der Waals surface area contributed by atoms with Gasteiger partial charge in [0.15, 0.2) is 0 Å². The minimum atomic E-state index is 0.408. The molecule has 19 heavy (non-hydrogen) atoms. The van der Waals surface area contributed by atoms with E-state index >= 15 is 0 Å². The average molecular weight is 262 g/mol. The minimum absolute atomic E-state index is 0.408. The molecule has 2 saturated heterocycles. The van der Waals surface area contributed by atoms with Gasteiger partial charge in [0.05, 0.1) is 12.6 Å². The molecular formula is C14H22N4O. The molecule has 5 nitrogen and oxygen atoms in total. The minimum Gasteiger partial charge on any atom is -0.383 e. The van der Waals surface area contributed by atoms with Gasteiger partial charge in [0.25, 0.3) is 0 Å². The highest BCUT2D eigenvalue weighted by atomic mass is 16.5. The zero-order chi connectivity index (χ0) is 13.1. The summed E-state index contributed by atoms with van der Waals surface area (Å²) in [4.78, 5) is 11.2. The van der Waals surface area contributed by atoms with Gasteiger partial charge in [-0.05, 0) is 43.8 Å². The summed E-state index contributed by atoms with van der Waals surface area (Å²) in [6.45, 7) is 4.08. The molecule has 3 rings (SSSR count). The second-order valence-corrected chi connectivity index (χ2v) is 5.74. The normalized spacial score (nSPS) is 25.9. The lowest BCUT2D eigenvalue weighted by atomic mass is 9.77. The smallest absolute Gasteiger partial charge is 0.225 e. The standard InChI is InChI=1S/C14H22N4O/c1-19-10-12-9-14(3-7-15-8-4-14)11-18(12)13-16-5-2-6-17-13/h2,5-6,12,15H,3-4,7-11H2,1H3/t12-/m0/s1. The molecule has 2 aliphatic heterocycles. The average Bonchev–Trinajstić information content (AvgIpc) is 2.79. The van der Waals surface area contributed by atoms with Crippen LogP contribution in [-0.4, -0.2) is 49.4 Å². The van der Waals surface area contributed by atoms with Crippen molar-refractivity contribution < 1.29 is 4.74 Å². The highest BCUT2D eigenvalue weighted by Gasteiger charge is 2.45. The first-order valence-corrected chi connectivity index (χ1v) is 7.06. The summed E-state index contributed by atoms with van der Waals surface area (Å²) in [6, 6.07) is 2.27. The maximum Gasteiger partial charge on any atom is 0.225 e. The number of rotatable bonds is 3. The Kier molecular flexibility index (Phi) is 3.66. The topological polar surface area (TPSA) is 50.3 Å². The summed E-state index contributed by atoms with van der Waals surface area (Å²) in [5.74, 6) is 0.847. The van der Waals surface area contributed by atoms with E-state index in [1.54, 1.807) is 7.11 Å². The molecule has 0 aliphatic carbocycles. The van der Waals surface area contributed by atoms with Gasteiger partial charge in [0, 0.05) is 26.0 Å². The Morgan fingerprint density at radius 3 is 2.79 bits per heavy atom. The molecule has 1 aromatic rings. The van der Waals surface area contributed by atoms with Gasteiger partial charge >= 0.3 is 0 Å². The van der Waals surface area contributed by atoms with Crippen molar-refractivity contribution in [1.82, 2.24) is 15.3 Å². The Morgan fingerprint density at radius 1 is 1.37 bits per heavy atom. The molecule has 2 fully saturated rings. The number of piperidine rings is 1. The fraction of sp³-hybridized carbons (Fsp3) is 0.714. The zero-order valence-electron chi connectivity index (χ0n) is 11.5. The summed E-state index contributed by atoms with van der Waals surface area (Å²) in [5.41, 5.74) is 0.424. The van der Waals surface area contributed by atoms with Gasteiger partial charge in [0.2, 0.25) is 5.95 Å². The summed E-state index contributed by atoms with van der Waals surface area (Å²) >= 11 is 0. The van der Waals surface area contributed by atoms with E-state index in [-0.39, 0.29) is 0 Å². The van der Waals surface area contributed by atoms with Crippen molar-refractivity contribution in [1.29, 1.82) is 0 Å². The molecule has 1 N–H and O–H groups in total. The Labute approximate surface area is 114 Å². The lowest BCUT2D eigenvalue weighted by molar-refractivity contribution is 0.164. The number of hydrogen-bond acceptors (Lipinski definition) is 5. The van der Waals surface area contributed by atoms with Crippen LogP contribution in [0.3, 0.4) is 0 Å². The molecule has 0 aromatic carbocycles. The predicted molar refractivity (Wildman–Crippen MR) is 74.2 cm³/mol. The van der Waals surface area contributed by atoms with Crippen LogP contribution in [0, 0.1) is 5.41 Å². The lowest BCUT2D eigenvalue weighted by Gasteiger charge is -2.33. The van der Waals surface area contributed by atoms with Crippen LogP contribution in [0.5, 0.6) is 0 Å². The van der Waals surface area contributed by atoms with Crippen molar-refractivity contribution in [3.05, 3.63) is 18.5 Å². The number of anilines is 1. The quantitative estimate of drug-likeness (QED) is 0.883. The van der Waals surface area contributed by atoms with E-state index in [9.17, 15) is 0 Å². The highest BCUT2D eigenvalue weighted by molar-refractivity contribution is 5.34. The highest BCUT2D eigenvalue weighted by Crippen LogP contribution is 2.42. The van der Waals surface area contributed by atoms with Crippen molar-refractivity contribution in [3.8, 4) is 0 Å². The lowest BCUT2D eigenvalue weighted by Crippen LogP contribution is -2.39. The number of methoxy groups -OCH3 is 1. The molecule has 1 aromatic heterocycles. The van der Waals surface area contributed by atoms with Crippen molar-refractivity contribution in [2.75, 3.05) is 38.3 Å². The third kappa shape index (κ3) is 2.58. The maximum atomic E-state index is 5.40. The van der Waals surface area contributed by atoms with E-state index in [2.05, 4.69) is 20.2 Å². The molecule has 3 heterocycles. The van der Waals surface area contributed by atoms with Crippen LogP contribution < -0.4 is 10.2 Å².